The molecule has 0 bridgehead atoms. The van der Waals surface area contributed by atoms with E-state index in [1.165, 1.54) is 0 Å². The first-order valence-corrected chi connectivity index (χ1v) is 9.21. The first-order valence-electron chi connectivity index (χ1n) is 8.83. The number of aryl methyl sites for hydroxylation is 1. The number of para-hydroxylation sites is 1. The summed E-state index contributed by atoms with van der Waals surface area (Å²) < 4.78 is 0. The zero-order valence-corrected chi connectivity index (χ0v) is 15.9. The predicted molar refractivity (Wildman–Crippen MR) is 112 cm³/mol. The van der Waals surface area contributed by atoms with Gasteiger partial charge in [0.1, 0.15) is 5.70 Å². The summed E-state index contributed by atoms with van der Waals surface area (Å²) in [6, 6.07) is 23.6. The van der Waals surface area contributed by atoms with E-state index >= 15 is 0 Å². The van der Waals surface area contributed by atoms with Crippen molar-refractivity contribution in [1.82, 2.24) is 0 Å². The second kappa shape index (κ2) is 7.33. The molecule has 138 valence electrons. The van der Waals surface area contributed by atoms with Crippen molar-refractivity contribution in [3.05, 3.63) is 101 Å². The Bertz CT molecular complexity index is 1090. The Kier molecular flexibility index (Phi) is 4.72. The molecule has 0 aromatic heterocycles. The minimum Gasteiger partial charge on any atom is -0.350 e. The van der Waals surface area contributed by atoms with Crippen LogP contribution in [0.2, 0.25) is 5.02 Å². The summed E-state index contributed by atoms with van der Waals surface area (Å²) in [5.41, 5.74) is 3.44. The molecule has 0 atom stereocenters. The van der Waals surface area contributed by atoms with E-state index in [0.29, 0.717) is 21.8 Å². The van der Waals surface area contributed by atoms with Crippen molar-refractivity contribution in [2.45, 2.75) is 6.92 Å². The average molecular weight is 389 g/mol. The first kappa shape index (κ1) is 18.0. The fourth-order valence-corrected chi connectivity index (χ4v) is 3.37. The molecule has 1 aliphatic rings. The molecule has 5 heteroatoms. The summed E-state index contributed by atoms with van der Waals surface area (Å²) in [6.07, 6.45) is 0. The first-order chi connectivity index (χ1) is 13.6. The van der Waals surface area contributed by atoms with Gasteiger partial charge in [0.25, 0.3) is 11.8 Å². The van der Waals surface area contributed by atoms with Gasteiger partial charge in [0.15, 0.2) is 0 Å². The summed E-state index contributed by atoms with van der Waals surface area (Å²) in [5.74, 6) is -0.837. The van der Waals surface area contributed by atoms with Gasteiger partial charge in [0.05, 0.1) is 16.3 Å². The number of carbonyl (C=O) groups is 2. The third kappa shape index (κ3) is 3.19. The Balaban J connectivity index is 1.83. The molecule has 1 aliphatic heterocycles. The highest BCUT2D eigenvalue weighted by Gasteiger charge is 2.40. The van der Waals surface area contributed by atoms with Gasteiger partial charge in [-0.15, -0.1) is 0 Å². The van der Waals surface area contributed by atoms with Crippen LogP contribution in [-0.4, -0.2) is 11.8 Å². The number of hydrogen-bond acceptors (Lipinski definition) is 3. The number of amides is 2. The zero-order chi connectivity index (χ0) is 19.7. The largest absolute Gasteiger partial charge is 0.350 e. The number of halogens is 1. The lowest BCUT2D eigenvalue weighted by Crippen LogP contribution is -2.32. The van der Waals surface area contributed by atoms with E-state index in [1.54, 1.807) is 24.3 Å². The van der Waals surface area contributed by atoms with Crippen LogP contribution in [0.25, 0.3) is 5.57 Å². The lowest BCUT2D eigenvalue weighted by atomic mass is 10.0. The third-order valence-corrected chi connectivity index (χ3v) is 4.88. The van der Waals surface area contributed by atoms with E-state index in [0.717, 1.165) is 16.2 Å². The highest BCUT2D eigenvalue weighted by Crippen LogP contribution is 2.36. The molecule has 0 saturated heterocycles. The minimum absolute atomic E-state index is 0.236. The van der Waals surface area contributed by atoms with Crippen LogP contribution < -0.4 is 10.2 Å². The number of anilines is 2. The van der Waals surface area contributed by atoms with E-state index in [4.69, 9.17) is 11.6 Å². The molecule has 4 rings (SSSR count). The van der Waals surface area contributed by atoms with Crippen LogP contribution >= 0.6 is 11.6 Å². The summed E-state index contributed by atoms with van der Waals surface area (Å²) in [7, 11) is 0. The summed E-state index contributed by atoms with van der Waals surface area (Å²) in [4.78, 5) is 27.6. The topological polar surface area (TPSA) is 49.4 Å². The monoisotopic (exact) mass is 388 g/mol. The standard InChI is InChI=1S/C23H17ClN2O2/c1-15-11-13-17(14-12-15)25-21-20(16-7-3-2-4-8-16)22(27)26(23(21)28)19-10-6-5-9-18(19)24/h2-14,25H,1H3. The number of nitrogens with zero attached hydrogens (tertiary/aromatic N) is 1. The van der Waals surface area contributed by atoms with Gasteiger partial charge in [-0.2, -0.15) is 0 Å². The van der Waals surface area contributed by atoms with Crippen molar-refractivity contribution in [2.24, 2.45) is 0 Å². The molecule has 3 aromatic carbocycles. The molecule has 0 spiro atoms. The van der Waals surface area contributed by atoms with Crippen LogP contribution in [0.3, 0.4) is 0 Å². The third-order valence-electron chi connectivity index (χ3n) is 4.56. The van der Waals surface area contributed by atoms with Crippen molar-refractivity contribution in [3.63, 3.8) is 0 Å². The Morgan fingerprint density at radius 3 is 2.11 bits per heavy atom. The number of hydrogen-bond donors (Lipinski definition) is 1. The number of benzene rings is 3. The van der Waals surface area contributed by atoms with Gasteiger partial charge in [0.2, 0.25) is 0 Å². The van der Waals surface area contributed by atoms with Crippen LogP contribution in [-0.2, 0) is 9.59 Å². The van der Waals surface area contributed by atoms with E-state index in [1.807, 2.05) is 61.5 Å². The van der Waals surface area contributed by atoms with E-state index in [2.05, 4.69) is 5.32 Å². The van der Waals surface area contributed by atoms with Crippen LogP contribution in [0.5, 0.6) is 0 Å². The number of carbonyl (C=O) groups excluding carboxylic acids is 2. The predicted octanol–water partition coefficient (Wildman–Crippen LogP) is 5.05. The number of imide groups is 1. The highest BCUT2D eigenvalue weighted by molar-refractivity contribution is 6.48. The average Bonchev–Trinajstić information content (AvgIpc) is 2.95. The van der Waals surface area contributed by atoms with Gasteiger partial charge < -0.3 is 5.32 Å². The molecular formula is C23H17ClN2O2. The Hall–Kier alpha value is -3.37. The molecule has 0 radical (unpaired) electrons. The van der Waals surface area contributed by atoms with Crippen LogP contribution in [0.1, 0.15) is 11.1 Å². The molecule has 4 nitrogen and oxygen atoms in total. The highest BCUT2D eigenvalue weighted by atomic mass is 35.5. The molecule has 0 unspecified atom stereocenters. The maximum atomic E-state index is 13.3. The molecule has 0 fully saturated rings. The summed E-state index contributed by atoms with van der Waals surface area (Å²) in [5, 5.41) is 3.48. The smallest absolute Gasteiger partial charge is 0.282 e. The molecule has 0 saturated carbocycles. The number of rotatable bonds is 4. The zero-order valence-electron chi connectivity index (χ0n) is 15.1. The molecule has 0 aliphatic carbocycles. The Morgan fingerprint density at radius 1 is 0.786 bits per heavy atom. The Labute approximate surface area is 168 Å². The quantitative estimate of drug-likeness (QED) is 0.636. The molecule has 2 amide bonds. The fourth-order valence-electron chi connectivity index (χ4n) is 3.15. The second-order valence-corrected chi connectivity index (χ2v) is 6.91. The second-order valence-electron chi connectivity index (χ2n) is 6.50. The Morgan fingerprint density at radius 2 is 1.43 bits per heavy atom. The normalized spacial score (nSPS) is 14.0. The van der Waals surface area contributed by atoms with Gasteiger partial charge in [-0.1, -0.05) is 71.8 Å². The molecule has 28 heavy (non-hydrogen) atoms. The van der Waals surface area contributed by atoms with Crippen molar-refractivity contribution >= 4 is 40.4 Å². The van der Waals surface area contributed by atoms with Crippen LogP contribution in [0.15, 0.2) is 84.6 Å². The van der Waals surface area contributed by atoms with Crippen LogP contribution in [0, 0.1) is 6.92 Å². The van der Waals surface area contributed by atoms with E-state index in [9.17, 15) is 9.59 Å². The molecular weight excluding hydrogens is 372 g/mol. The van der Waals surface area contributed by atoms with Gasteiger partial charge in [-0.05, 0) is 36.8 Å². The molecule has 1 heterocycles. The summed E-state index contributed by atoms with van der Waals surface area (Å²) in [6.45, 7) is 1.99. The van der Waals surface area contributed by atoms with Gasteiger partial charge in [-0.25, -0.2) is 4.90 Å². The maximum Gasteiger partial charge on any atom is 0.282 e. The maximum absolute atomic E-state index is 13.3. The van der Waals surface area contributed by atoms with Crippen molar-refractivity contribution in [2.75, 3.05) is 10.2 Å². The SMILES string of the molecule is Cc1ccc(NC2=C(c3ccccc3)C(=O)N(c3ccccc3Cl)C2=O)cc1. The fraction of sp³-hybridized carbons (Fsp3) is 0.0435. The lowest BCUT2D eigenvalue weighted by Gasteiger charge is -2.16. The van der Waals surface area contributed by atoms with Gasteiger partial charge >= 0.3 is 0 Å². The minimum atomic E-state index is -0.433. The lowest BCUT2D eigenvalue weighted by molar-refractivity contribution is -0.120. The van der Waals surface area contributed by atoms with Gasteiger partial charge in [-0.3, -0.25) is 9.59 Å². The van der Waals surface area contributed by atoms with E-state index < -0.39 is 11.8 Å². The summed E-state index contributed by atoms with van der Waals surface area (Å²) >= 11 is 6.27. The van der Waals surface area contributed by atoms with Crippen molar-refractivity contribution in [3.8, 4) is 0 Å². The van der Waals surface area contributed by atoms with Crippen molar-refractivity contribution < 1.29 is 9.59 Å². The molecule has 3 aromatic rings. The number of nitrogens with one attached hydrogen (secondary N) is 1. The van der Waals surface area contributed by atoms with Crippen LogP contribution in [0.4, 0.5) is 11.4 Å². The van der Waals surface area contributed by atoms with E-state index in [-0.39, 0.29) is 5.70 Å². The molecule has 1 N–H and O–H groups in total. The van der Waals surface area contributed by atoms with Gasteiger partial charge in [0, 0.05) is 5.69 Å². The van der Waals surface area contributed by atoms with Crippen molar-refractivity contribution in [1.29, 1.82) is 0 Å².